The Labute approximate surface area is 124 Å². The van der Waals surface area contributed by atoms with Crippen LogP contribution < -0.4 is 10.6 Å². The molecule has 0 fully saturated rings. The molecule has 3 nitrogen and oxygen atoms in total. The molecule has 0 aliphatic rings. The number of nitriles is 1. The summed E-state index contributed by atoms with van der Waals surface area (Å²) in [7, 11) is 0. The van der Waals surface area contributed by atoms with Crippen LogP contribution in [-0.4, -0.2) is 5.11 Å². The van der Waals surface area contributed by atoms with E-state index in [9.17, 15) is 0 Å². The van der Waals surface area contributed by atoms with Crippen LogP contribution >= 0.6 is 12.2 Å². The van der Waals surface area contributed by atoms with Crippen molar-refractivity contribution in [3.05, 3.63) is 59.2 Å². The lowest BCUT2D eigenvalue weighted by Gasteiger charge is -2.13. The van der Waals surface area contributed by atoms with E-state index in [1.807, 2.05) is 24.3 Å². The number of aryl methyl sites for hydroxylation is 1. The maximum atomic E-state index is 8.87. The van der Waals surface area contributed by atoms with E-state index in [0.717, 1.165) is 11.4 Å². The molecule has 0 bridgehead atoms. The zero-order chi connectivity index (χ0) is 14.5. The van der Waals surface area contributed by atoms with E-state index in [-0.39, 0.29) is 0 Å². The van der Waals surface area contributed by atoms with Gasteiger partial charge in [0.05, 0.1) is 11.6 Å². The van der Waals surface area contributed by atoms with Crippen LogP contribution in [0.2, 0.25) is 0 Å². The number of hydrogen-bond acceptors (Lipinski definition) is 2. The molecular formula is C16H15N3S. The molecule has 0 spiro atoms. The summed E-state index contributed by atoms with van der Waals surface area (Å²) >= 11 is 5.30. The summed E-state index contributed by atoms with van der Waals surface area (Å²) in [6.45, 7) is 4.12. The highest BCUT2D eigenvalue weighted by Crippen LogP contribution is 2.18. The molecule has 0 unspecified atom stereocenters. The monoisotopic (exact) mass is 281 g/mol. The van der Waals surface area contributed by atoms with E-state index in [1.54, 1.807) is 12.1 Å². The molecule has 0 saturated heterocycles. The van der Waals surface area contributed by atoms with Gasteiger partial charge in [-0.1, -0.05) is 18.2 Å². The summed E-state index contributed by atoms with van der Waals surface area (Å²) in [4.78, 5) is 0. The minimum Gasteiger partial charge on any atom is -0.332 e. The van der Waals surface area contributed by atoms with Gasteiger partial charge in [-0.15, -0.1) is 0 Å². The Morgan fingerprint density at radius 3 is 2.60 bits per heavy atom. The third-order valence-corrected chi connectivity index (χ3v) is 3.31. The summed E-state index contributed by atoms with van der Waals surface area (Å²) in [6, 6.07) is 15.4. The molecule has 0 aliphatic carbocycles. The van der Waals surface area contributed by atoms with Crippen LogP contribution in [0.4, 0.5) is 11.4 Å². The molecule has 20 heavy (non-hydrogen) atoms. The van der Waals surface area contributed by atoms with Crippen LogP contribution in [0.1, 0.15) is 16.7 Å². The fourth-order valence-corrected chi connectivity index (χ4v) is 2.07. The van der Waals surface area contributed by atoms with Gasteiger partial charge in [0.15, 0.2) is 5.11 Å². The van der Waals surface area contributed by atoms with Gasteiger partial charge in [-0.2, -0.15) is 5.26 Å². The van der Waals surface area contributed by atoms with Crippen molar-refractivity contribution in [2.24, 2.45) is 0 Å². The summed E-state index contributed by atoms with van der Waals surface area (Å²) in [5.74, 6) is 0. The van der Waals surface area contributed by atoms with Crippen molar-refractivity contribution in [1.82, 2.24) is 0 Å². The molecule has 0 atom stereocenters. The highest BCUT2D eigenvalue weighted by Gasteiger charge is 2.03. The number of anilines is 2. The summed E-state index contributed by atoms with van der Waals surface area (Å²) in [6.07, 6.45) is 0. The zero-order valence-corrected chi connectivity index (χ0v) is 12.2. The van der Waals surface area contributed by atoms with Crippen molar-refractivity contribution < 1.29 is 0 Å². The molecule has 100 valence electrons. The van der Waals surface area contributed by atoms with Gasteiger partial charge in [0.2, 0.25) is 0 Å². The zero-order valence-electron chi connectivity index (χ0n) is 11.4. The smallest absolute Gasteiger partial charge is 0.175 e. The molecule has 0 heterocycles. The second kappa shape index (κ2) is 6.18. The minimum absolute atomic E-state index is 0.508. The highest BCUT2D eigenvalue weighted by molar-refractivity contribution is 7.80. The fourth-order valence-electron chi connectivity index (χ4n) is 1.84. The topological polar surface area (TPSA) is 47.8 Å². The van der Waals surface area contributed by atoms with Crippen LogP contribution in [0, 0.1) is 25.2 Å². The molecule has 2 aromatic rings. The van der Waals surface area contributed by atoms with Gasteiger partial charge in [0.1, 0.15) is 0 Å². The maximum absolute atomic E-state index is 8.87. The SMILES string of the molecule is Cc1cccc(NC(=S)Nc2cccc(C#N)c2)c1C. The number of nitrogens with zero attached hydrogens (tertiary/aromatic N) is 1. The van der Waals surface area contributed by atoms with Crippen molar-refractivity contribution in [3.63, 3.8) is 0 Å². The van der Waals surface area contributed by atoms with E-state index in [1.165, 1.54) is 11.1 Å². The lowest BCUT2D eigenvalue weighted by molar-refractivity contribution is 1.34. The summed E-state index contributed by atoms with van der Waals surface area (Å²) in [5, 5.41) is 15.6. The van der Waals surface area contributed by atoms with Crippen molar-refractivity contribution in [2.45, 2.75) is 13.8 Å². The Morgan fingerprint density at radius 2 is 1.85 bits per heavy atom. The van der Waals surface area contributed by atoms with E-state index < -0.39 is 0 Å². The Bertz CT molecular complexity index is 686. The molecule has 2 N–H and O–H groups in total. The first-order chi connectivity index (χ1) is 9.60. The van der Waals surface area contributed by atoms with Gasteiger partial charge in [-0.3, -0.25) is 0 Å². The normalized spacial score (nSPS) is 9.65. The first-order valence-electron chi connectivity index (χ1n) is 6.24. The minimum atomic E-state index is 0.508. The van der Waals surface area contributed by atoms with Crippen LogP contribution in [0.25, 0.3) is 0 Å². The predicted molar refractivity (Wildman–Crippen MR) is 86.9 cm³/mol. The lowest BCUT2D eigenvalue weighted by atomic mass is 10.1. The standard InChI is InChI=1S/C16H15N3S/c1-11-5-3-8-15(12(11)2)19-16(20)18-14-7-4-6-13(9-14)10-17/h3-9H,1-2H3,(H2,18,19,20). The van der Waals surface area contributed by atoms with Gasteiger partial charge >= 0.3 is 0 Å². The molecule has 0 radical (unpaired) electrons. The van der Waals surface area contributed by atoms with Crippen LogP contribution in [-0.2, 0) is 0 Å². The second-order valence-corrected chi connectivity index (χ2v) is 4.93. The molecule has 2 rings (SSSR count). The Hall–Kier alpha value is -2.38. The number of nitrogens with one attached hydrogen (secondary N) is 2. The molecule has 4 heteroatoms. The van der Waals surface area contributed by atoms with E-state index in [4.69, 9.17) is 17.5 Å². The Morgan fingerprint density at radius 1 is 1.10 bits per heavy atom. The summed E-state index contributed by atoms with van der Waals surface area (Å²) < 4.78 is 0. The average Bonchev–Trinajstić information content (AvgIpc) is 2.44. The van der Waals surface area contributed by atoms with E-state index in [2.05, 4.69) is 36.6 Å². The van der Waals surface area contributed by atoms with Crippen molar-refractivity contribution in [3.8, 4) is 6.07 Å². The third-order valence-electron chi connectivity index (χ3n) is 3.10. The van der Waals surface area contributed by atoms with Gasteiger partial charge in [-0.05, 0) is 61.5 Å². The Balaban J connectivity index is 2.09. The van der Waals surface area contributed by atoms with E-state index >= 15 is 0 Å². The predicted octanol–water partition coefficient (Wildman–Crippen LogP) is 3.98. The first kappa shape index (κ1) is 14.0. The highest BCUT2D eigenvalue weighted by atomic mass is 32.1. The van der Waals surface area contributed by atoms with Crippen molar-refractivity contribution in [1.29, 1.82) is 5.26 Å². The van der Waals surface area contributed by atoms with E-state index in [0.29, 0.717) is 10.7 Å². The van der Waals surface area contributed by atoms with Crippen molar-refractivity contribution >= 4 is 28.7 Å². The quantitative estimate of drug-likeness (QED) is 0.817. The van der Waals surface area contributed by atoms with Crippen LogP contribution in [0.15, 0.2) is 42.5 Å². The van der Waals surface area contributed by atoms with Gasteiger partial charge in [0.25, 0.3) is 0 Å². The van der Waals surface area contributed by atoms with Crippen LogP contribution in [0.3, 0.4) is 0 Å². The lowest BCUT2D eigenvalue weighted by Crippen LogP contribution is -2.19. The second-order valence-electron chi connectivity index (χ2n) is 4.52. The number of thiocarbonyl (C=S) groups is 1. The van der Waals surface area contributed by atoms with Gasteiger partial charge in [-0.25, -0.2) is 0 Å². The molecule has 0 aromatic heterocycles. The van der Waals surface area contributed by atoms with Gasteiger partial charge in [0, 0.05) is 11.4 Å². The molecule has 0 saturated carbocycles. The third kappa shape index (κ3) is 3.34. The fraction of sp³-hybridized carbons (Fsp3) is 0.125. The van der Waals surface area contributed by atoms with Crippen LogP contribution in [0.5, 0.6) is 0 Å². The summed E-state index contributed by atoms with van der Waals surface area (Å²) in [5.41, 5.74) is 4.77. The van der Waals surface area contributed by atoms with Crippen molar-refractivity contribution in [2.75, 3.05) is 10.6 Å². The first-order valence-corrected chi connectivity index (χ1v) is 6.65. The molecular weight excluding hydrogens is 266 g/mol. The average molecular weight is 281 g/mol. The number of hydrogen-bond donors (Lipinski definition) is 2. The molecule has 0 amide bonds. The Kier molecular flexibility index (Phi) is 4.34. The molecule has 0 aliphatic heterocycles. The van der Waals surface area contributed by atoms with Gasteiger partial charge < -0.3 is 10.6 Å². The molecule has 2 aromatic carbocycles. The number of benzene rings is 2. The largest absolute Gasteiger partial charge is 0.332 e. The number of rotatable bonds is 2. The maximum Gasteiger partial charge on any atom is 0.175 e.